The molecule has 31 heavy (non-hydrogen) atoms. The molecular weight excluding hydrogens is 406 g/mol. The number of hydrogen-bond donors (Lipinski definition) is 3. The molecule has 0 aromatic heterocycles. The van der Waals surface area contributed by atoms with Crippen molar-refractivity contribution in [3.63, 3.8) is 0 Å². The van der Waals surface area contributed by atoms with E-state index in [0.717, 1.165) is 6.07 Å². The van der Waals surface area contributed by atoms with E-state index in [2.05, 4.69) is 10.6 Å². The van der Waals surface area contributed by atoms with Crippen LogP contribution in [0.2, 0.25) is 0 Å². The Morgan fingerprint density at radius 1 is 1.19 bits per heavy atom. The summed E-state index contributed by atoms with van der Waals surface area (Å²) in [6, 6.07) is 9.45. The minimum atomic E-state index is -1.08. The average molecular weight is 427 g/mol. The number of hydrogen-bond acceptors (Lipinski definition) is 7. The van der Waals surface area contributed by atoms with Gasteiger partial charge in [0.1, 0.15) is 0 Å². The first-order chi connectivity index (χ1) is 14.9. The standard InChI is InChI=1S/C21H21N3O7/c1-3-30-15-11-13(10-14(19(15)25)24(28)29)18-16(20(26)31-4-2)17(22-21(27)23-18)12-8-6-5-7-9-12/h5-11,18,25H,3-4H2,1-2H3,(H2,22,23,27)/t18-/m1/s1. The first-order valence-corrected chi connectivity index (χ1v) is 9.55. The summed E-state index contributed by atoms with van der Waals surface area (Å²) >= 11 is 0. The Bertz CT molecular complexity index is 1050. The molecule has 3 rings (SSSR count). The van der Waals surface area contributed by atoms with Crippen LogP contribution in [0.1, 0.15) is 31.0 Å². The molecule has 0 saturated carbocycles. The Labute approximate surface area is 177 Å². The molecule has 1 heterocycles. The molecule has 1 aliphatic rings. The van der Waals surface area contributed by atoms with E-state index in [1.165, 1.54) is 6.07 Å². The van der Waals surface area contributed by atoms with Gasteiger partial charge in [0.05, 0.1) is 35.4 Å². The molecule has 0 spiro atoms. The minimum absolute atomic E-state index is 0.0649. The maximum absolute atomic E-state index is 12.9. The molecule has 2 aromatic carbocycles. The summed E-state index contributed by atoms with van der Waals surface area (Å²) in [5.41, 5.74) is 0.415. The number of aromatic hydroxyl groups is 1. The van der Waals surface area contributed by atoms with Crippen LogP contribution in [0.15, 0.2) is 48.0 Å². The number of esters is 1. The largest absolute Gasteiger partial charge is 0.500 e. The van der Waals surface area contributed by atoms with Crippen LogP contribution in [0.5, 0.6) is 11.5 Å². The van der Waals surface area contributed by atoms with Crippen LogP contribution in [0.4, 0.5) is 10.5 Å². The van der Waals surface area contributed by atoms with Gasteiger partial charge >= 0.3 is 17.7 Å². The zero-order valence-electron chi connectivity index (χ0n) is 16.9. The summed E-state index contributed by atoms with van der Waals surface area (Å²) in [6.45, 7) is 3.53. The molecule has 162 valence electrons. The lowest BCUT2D eigenvalue weighted by Crippen LogP contribution is -2.45. The third-order valence-electron chi connectivity index (χ3n) is 4.54. The van der Waals surface area contributed by atoms with Gasteiger partial charge in [-0.3, -0.25) is 10.1 Å². The van der Waals surface area contributed by atoms with Crippen LogP contribution < -0.4 is 15.4 Å². The summed E-state index contributed by atoms with van der Waals surface area (Å²) in [7, 11) is 0. The van der Waals surface area contributed by atoms with E-state index in [0.29, 0.717) is 5.56 Å². The van der Waals surface area contributed by atoms with Crippen LogP contribution in [-0.4, -0.2) is 35.2 Å². The van der Waals surface area contributed by atoms with Crippen LogP contribution in [0.3, 0.4) is 0 Å². The van der Waals surface area contributed by atoms with Crippen molar-refractivity contribution in [1.82, 2.24) is 10.6 Å². The van der Waals surface area contributed by atoms with Crippen molar-refractivity contribution in [2.75, 3.05) is 13.2 Å². The second-order valence-corrected chi connectivity index (χ2v) is 6.48. The van der Waals surface area contributed by atoms with Crippen molar-refractivity contribution in [3.05, 3.63) is 69.3 Å². The Hall–Kier alpha value is -4.08. The predicted molar refractivity (Wildman–Crippen MR) is 110 cm³/mol. The molecule has 0 bridgehead atoms. The van der Waals surface area contributed by atoms with Crippen LogP contribution in [-0.2, 0) is 9.53 Å². The summed E-state index contributed by atoms with van der Waals surface area (Å²) < 4.78 is 10.5. The average Bonchev–Trinajstić information content (AvgIpc) is 2.75. The molecule has 2 aromatic rings. The second kappa shape index (κ2) is 9.16. The van der Waals surface area contributed by atoms with E-state index >= 15 is 0 Å². The number of carbonyl (C=O) groups is 2. The molecule has 0 saturated heterocycles. The lowest BCUT2D eigenvalue weighted by atomic mass is 9.92. The maximum atomic E-state index is 12.9. The third kappa shape index (κ3) is 4.42. The quantitative estimate of drug-likeness (QED) is 0.350. The first kappa shape index (κ1) is 21.6. The van der Waals surface area contributed by atoms with E-state index in [1.54, 1.807) is 44.2 Å². The fourth-order valence-electron chi connectivity index (χ4n) is 3.26. The zero-order chi connectivity index (χ0) is 22.5. The number of benzene rings is 2. The molecule has 0 unspecified atom stereocenters. The van der Waals surface area contributed by atoms with E-state index in [9.17, 15) is 24.8 Å². The fraction of sp³-hybridized carbons (Fsp3) is 0.238. The summed E-state index contributed by atoms with van der Waals surface area (Å²) in [6.07, 6.45) is 0. The summed E-state index contributed by atoms with van der Waals surface area (Å²) in [5.74, 6) is -1.47. The molecule has 10 nitrogen and oxygen atoms in total. The number of carbonyl (C=O) groups excluding carboxylic acids is 2. The lowest BCUT2D eigenvalue weighted by Gasteiger charge is -2.29. The Morgan fingerprint density at radius 2 is 1.90 bits per heavy atom. The number of amides is 2. The summed E-state index contributed by atoms with van der Waals surface area (Å²) in [5, 5.41) is 26.9. The number of rotatable bonds is 7. The number of nitrogens with one attached hydrogen (secondary N) is 2. The highest BCUT2D eigenvalue weighted by Crippen LogP contribution is 2.41. The van der Waals surface area contributed by atoms with Gasteiger partial charge in [-0.05, 0) is 31.0 Å². The zero-order valence-corrected chi connectivity index (χ0v) is 16.9. The van der Waals surface area contributed by atoms with E-state index in [4.69, 9.17) is 9.47 Å². The first-order valence-electron chi connectivity index (χ1n) is 9.55. The normalized spacial score (nSPS) is 15.7. The SMILES string of the molecule is CCOC(=O)C1=C(c2ccccc2)NC(=O)N[C@@H]1c1cc(OCC)c(O)c([N+](=O)[O-])c1. The second-order valence-electron chi connectivity index (χ2n) is 6.48. The monoisotopic (exact) mass is 427 g/mol. The van der Waals surface area contributed by atoms with E-state index in [-0.39, 0.29) is 35.8 Å². The van der Waals surface area contributed by atoms with Gasteiger partial charge in [0.2, 0.25) is 5.75 Å². The molecule has 1 aliphatic heterocycles. The Morgan fingerprint density at radius 3 is 2.52 bits per heavy atom. The smallest absolute Gasteiger partial charge is 0.338 e. The molecule has 10 heteroatoms. The third-order valence-corrected chi connectivity index (χ3v) is 4.54. The van der Waals surface area contributed by atoms with Crippen LogP contribution in [0, 0.1) is 10.1 Å². The lowest BCUT2D eigenvalue weighted by molar-refractivity contribution is -0.386. The Kier molecular flexibility index (Phi) is 6.39. The maximum Gasteiger partial charge on any atom is 0.338 e. The van der Waals surface area contributed by atoms with Crippen LogP contribution in [0.25, 0.3) is 5.70 Å². The number of nitrogens with zero attached hydrogens (tertiary/aromatic N) is 1. The van der Waals surface area contributed by atoms with Crippen molar-refractivity contribution in [3.8, 4) is 11.5 Å². The fourth-order valence-corrected chi connectivity index (χ4v) is 3.26. The topological polar surface area (TPSA) is 140 Å². The van der Waals surface area contributed by atoms with Gasteiger partial charge in [-0.25, -0.2) is 9.59 Å². The number of phenolic OH excluding ortho intramolecular Hbond substituents is 1. The van der Waals surface area contributed by atoms with Gasteiger partial charge in [0, 0.05) is 6.07 Å². The van der Waals surface area contributed by atoms with Gasteiger partial charge in [-0.15, -0.1) is 0 Å². The van der Waals surface area contributed by atoms with Crippen LogP contribution >= 0.6 is 0 Å². The van der Waals surface area contributed by atoms with Gasteiger partial charge in [-0.1, -0.05) is 30.3 Å². The predicted octanol–water partition coefficient (Wildman–Crippen LogP) is 3.03. The van der Waals surface area contributed by atoms with Gasteiger partial charge in [0.25, 0.3) is 0 Å². The van der Waals surface area contributed by atoms with Crippen molar-refractivity contribution in [1.29, 1.82) is 0 Å². The minimum Gasteiger partial charge on any atom is -0.500 e. The molecule has 3 N–H and O–H groups in total. The highest BCUT2D eigenvalue weighted by molar-refractivity contribution is 6.04. The molecule has 0 aliphatic carbocycles. The number of urea groups is 1. The van der Waals surface area contributed by atoms with Gasteiger partial charge < -0.3 is 25.2 Å². The molecule has 0 fully saturated rings. The highest BCUT2D eigenvalue weighted by Gasteiger charge is 2.36. The van der Waals surface area contributed by atoms with E-state index in [1.807, 2.05) is 0 Å². The molecular formula is C21H21N3O7. The molecule has 0 radical (unpaired) electrons. The Balaban J connectivity index is 2.25. The molecule has 2 amide bonds. The number of phenols is 1. The highest BCUT2D eigenvalue weighted by atomic mass is 16.6. The molecule has 1 atom stereocenters. The van der Waals surface area contributed by atoms with Crippen molar-refractivity contribution in [2.24, 2.45) is 0 Å². The van der Waals surface area contributed by atoms with E-state index < -0.39 is 34.4 Å². The number of ether oxygens (including phenoxy) is 2. The summed E-state index contributed by atoms with van der Waals surface area (Å²) in [4.78, 5) is 36.0. The van der Waals surface area contributed by atoms with Crippen molar-refractivity contribution >= 4 is 23.4 Å². The number of nitro benzene ring substituents is 1. The van der Waals surface area contributed by atoms with Crippen molar-refractivity contribution in [2.45, 2.75) is 19.9 Å². The van der Waals surface area contributed by atoms with Gasteiger partial charge in [-0.2, -0.15) is 0 Å². The van der Waals surface area contributed by atoms with Gasteiger partial charge in [0.15, 0.2) is 5.75 Å². The van der Waals surface area contributed by atoms with Crippen molar-refractivity contribution < 1.29 is 29.1 Å². The number of nitro groups is 1.